The van der Waals surface area contributed by atoms with Gasteiger partial charge in [-0.3, -0.25) is 0 Å². The second kappa shape index (κ2) is 6.62. The summed E-state index contributed by atoms with van der Waals surface area (Å²) in [5.74, 6) is 0. The van der Waals surface area contributed by atoms with E-state index in [2.05, 4.69) is 37.4 Å². The van der Waals surface area contributed by atoms with Gasteiger partial charge in [0.05, 0.1) is 0 Å². The summed E-state index contributed by atoms with van der Waals surface area (Å²) in [6.45, 7) is 4.25. The molecule has 1 N–H and O–H groups in total. The molecule has 0 saturated heterocycles. The average Bonchev–Trinajstić information content (AvgIpc) is 2.42. The van der Waals surface area contributed by atoms with Gasteiger partial charge in [-0.05, 0) is 62.2 Å². The minimum absolute atomic E-state index is 0.228. The minimum Gasteiger partial charge on any atom is -0.313 e. The van der Waals surface area contributed by atoms with E-state index in [1.807, 2.05) is 25.2 Å². The van der Waals surface area contributed by atoms with E-state index in [1.165, 1.54) is 16.7 Å². The summed E-state index contributed by atoms with van der Waals surface area (Å²) in [6.07, 6.45) is 0.820. The summed E-state index contributed by atoms with van der Waals surface area (Å²) in [7, 11) is 1.98. The third kappa shape index (κ3) is 3.54. The lowest BCUT2D eigenvalue weighted by molar-refractivity contribution is 0.588. The molecule has 0 fully saturated rings. The highest BCUT2D eigenvalue weighted by Crippen LogP contribution is 2.28. The monoisotopic (exact) mass is 307 g/mol. The van der Waals surface area contributed by atoms with Crippen LogP contribution in [0.2, 0.25) is 10.0 Å². The fourth-order valence-corrected chi connectivity index (χ4v) is 2.81. The van der Waals surface area contributed by atoms with E-state index in [9.17, 15) is 0 Å². The fraction of sp³-hybridized carbons (Fsp3) is 0.294. The fourth-order valence-electron chi connectivity index (χ4n) is 2.42. The molecular formula is C17H19Cl2N. The summed E-state index contributed by atoms with van der Waals surface area (Å²) >= 11 is 12.3. The smallest absolute Gasteiger partial charge is 0.0439 e. The van der Waals surface area contributed by atoms with Gasteiger partial charge < -0.3 is 5.32 Å². The molecule has 0 aliphatic rings. The van der Waals surface area contributed by atoms with Crippen molar-refractivity contribution in [2.45, 2.75) is 26.3 Å². The van der Waals surface area contributed by atoms with Crippen LogP contribution in [-0.4, -0.2) is 7.05 Å². The molecule has 0 bridgehead atoms. The van der Waals surface area contributed by atoms with Gasteiger partial charge in [-0.2, -0.15) is 0 Å². The van der Waals surface area contributed by atoms with Crippen LogP contribution < -0.4 is 5.32 Å². The highest BCUT2D eigenvalue weighted by atomic mass is 35.5. The normalized spacial score (nSPS) is 12.4. The molecule has 3 heteroatoms. The molecule has 0 aromatic heterocycles. The summed E-state index contributed by atoms with van der Waals surface area (Å²) < 4.78 is 0. The van der Waals surface area contributed by atoms with E-state index >= 15 is 0 Å². The van der Waals surface area contributed by atoms with Gasteiger partial charge in [-0.15, -0.1) is 0 Å². The Kier molecular flexibility index (Phi) is 5.09. The second-order valence-corrected chi connectivity index (χ2v) is 5.98. The van der Waals surface area contributed by atoms with E-state index in [0.29, 0.717) is 0 Å². The number of benzene rings is 2. The molecule has 0 radical (unpaired) electrons. The largest absolute Gasteiger partial charge is 0.313 e. The van der Waals surface area contributed by atoms with Crippen LogP contribution in [0.4, 0.5) is 0 Å². The van der Waals surface area contributed by atoms with E-state index in [4.69, 9.17) is 23.2 Å². The molecule has 1 atom stereocenters. The lowest BCUT2D eigenvalue weighted by Crippen LogP contribution is -2.20. The van der Waals surface area contributed by atoms with Gasteiger partial charge in [-0.25, -0.2) is 0 Å². The van der Waals surface area contributed by atoms with Gasteiger partial charge in [0.25, 0.3) is 0 Å². The first kappa shape index (κ1) is 15.4. The van der Waals surface area contributed by atoms with Gasteiger partial charge >= 0.3 is 0 Å². The van der Waals surface area contributed by atoms with Gasteiger partial charge in [0.1, 0.15) is 0 Å². The zero-order valence-corrected chi connectivity index (χ0v) is 13.5. The van der Waals surface area contributed by atoms with E-state index in [0.717, 1.165) is 22.0 Å². The van der Waals surface area contributed by atoms with Crippen molar-refractivity contribution in [3.05, 3.63) is 68.7 Å². The first-order valence-electron chi connectivity index (χ1n) is 6.69. The average molecular weight is 308 g/mol. The number of halogens is 2. The summed E-state index contributed by atoms with van der Waals surface area (Å²) in [5.41, 5.74) is 4.93. The lowest BCUT2D eigenvalue weighted by Gasteiger charge is -2.20. The van der Waals surface area contributed by atoms with E-state index in [-0.39, 0.29) is 6.04 Å². The molecular weight excluding hydrogens is 289 g/mol. The topological polar surface area (TPSA) is 12.0 Å². The number of hydrogen-bond acceptors (Lipinski definition) is 1. The first-order chi connectivity index (χ1) is 9.51. The second-order valence-electron chi connectivity index (χ2n) is 5.14. The molecule has 1 unspecified atom stereocenters. The zero-order chi connectivity index (χ0) is 14.7. The molecule has 2 aromatic carbocycles. The Morgan fingerprint density at radius 1 is 1.05 bits per heavy atom. The number of aryl methyl sites for hydroxylation is 2. The molecule has 0 aliphatic heterocycles. The predicted octanol–water partition coefficient (Wildman–Crippen LogP) is 5.11. The quantitative estimate of drug-likeness (QED) is 0.827. The highest BCUT2D eigenvalue weighted by molar-refractivity contribution is 6.33. The van der Waals surface area contributed by atoms with Crippen LogP contribution in [0.25, 0.3) is 0 Å². The number of likely N-dealkylation sites (N-methyl/N-ethyl adjacent to an activating group) is 1. The standard InChI is InChI=1S/C17H19Cl2N/c1-11-4-5-12(2)15(8-11)17(20-3)10-13-9-14(18)6-7-16(13)19/h4-9,17,20H,10H2,1-3H3. The van der Waals surface area contributed by atoms with Crippen LogP contribution in [0.5, 0.6) is 0 Å². The van der Waals surface area contributed by atoms with Crippen molar-refractivity contribution in [2.75, 3.05) is 7.05 Å². The van der Waals surface area contributed by atoms with Gasteiger partial charge in [-0.1, -0.05) is 47.0 Å². The van der Waals surface area contributed by atoms with Crippen molar-refractivity contribution < 1.29 is 0 Å². The lowest BCUT2D eigenvalue weighted by atomic mass is 9.94. The summed E-state index contributed by atoms with van der Waals surface area (Å²) in [6, 6.07) is 12.4. The maximum absolute atomic E-state index is 6.27. The molecule has 0 spiro atoms. The molecule has 2 rings (SSSR count). The Bertz CT molecular complexity index is 608. The predicted molar refractivity (Wildman–Crippen MR) is 87.9 cm³/mol. The number of nitrogens with one attached hydrogen (secondary N) is 1. The van der Waals surface area contributed by atoms with Gasteiger partial charge in [0, 0.05) is 16.1 Å². The molecule has 0 heterocycles. The van der Waals surface area contributed by atoms with Crippen LogP contribution >= 0.6 is 23.2 Å². The molecule has 1 nitrogen and oxygen atoms in total. The molecule has 0 aliphatic carbocycles. The Morgan fingerprint density at radius 2 is 1.80 bits per heavy atom. The van der Waals surface area contributed by atoms with Crippen LogP contribution in [0, 0.1) is 13.8 Å². The van der Waals surface area contributed by atoms with Crippen LogP contribution in [0.15, 0.2) is 36.4 Å². The van der Waals surface area contributed by atoms with E-state index < -0.39 is 0 Å². The maximum Gasteiger partial charge on any atom is 0.0439 e. The summed E-state index contributed by atoms with van der Waals surface area (Å²) in [4.78, 5) is 0. The molecule has 2 aromatic rings. The van der Waals surface area contributed by atoms with Crippen molar-refractivity contribution in [1.82, 2.24) is 5.32 Å². The third-order valence-electron chi connectivity index (χ3n) is 3.59. The molecule has 0 saturated carbocycles. The number of hydrogen-bond donors (Lipinski definition) is 1. The van der Waals surface area contributed by atoms with Gasteiger partial charge in [0.2, 0.25) is 0 Å². The number of rotatable bonds is 4. The van der Waals surface area contributed by atoms with Crippen LogP contribution in [0.3, 0.4) is 0 Å². The third-order valence-corrected chi connectivity index (χ3v) is 4.19. The van der Waals surface area contributed by atoms with Gasteiger partial charge in [0.15, 0.2) is 0 Å². The maximum atomic E-state index is 6.27. The molecule has 20 heavy (non-hydrogen) atoms. The zero-order valence-electron chi connectivity index (χ0n) is 12.0. The Morgan fingerprint density at radius 3 is 2.50 bits per heavy atom. The van der Waals surface area contributed by atoms with Crippen molar-refractivity contribution in [2.24, 2.45) is 0 Å². The summed E-state index contributed by atoms with van der Waals surface area (Å²) in [5, 5.41) is 4.87. The van der Waals surface area contributed by atoms with Crippen molar-refractivity contribution in [1.29, 1.82) is 0 Å². The first-order valence-corrected chi connectivity index (χ1v) is 7.45. The van der Waals surface area contributed by atoms with E-state index in [1.54, 1.807) is 0 Å². The molecule has 0 amide bonds. The van der Waals surface area contributed by atoms with Crippen LogP contribution in [0.1, 0.15) is 28.3 Å². The Labute approximate surface area is 130 Å². The Hall–Kier alpha value is -1.02. The van der Waals surface area contributed by atoms with Crippen molar-refractivity contribution in [3.63, 3.8) is 0 Å². The highest BCUT2D eigenvalue weighted by Gasteiger charge is 2.14. The molecule has 106 valence electrons. The van der Waals surface area contributed by atoms with Crippen molar-refractivity contribution in [3.8, 4) is 0 Å². The Balaban J connectivity index is 2.33. The SMILES string of the molecule is CNC(Cc1cc(Cl)ccc1Cl)c1cc(C)ccc1C. The minimum atomic E-state index is 0.228. The van der Waals surface area contributed by atoms with Crippen molar-refractivity contribution >= 4 is 23.2 Å². The van der Waals surface area contributed by atoms with Crippen LogP contribution in [-0.2, 0) is 6.42 Å².